The van der Waals surface area contributed by atoms with Crippen LogP contribution in [0.4, 0.5) is 5.69 Å². The second-order valence-corrected chi connectivity index (χ2v) is 2.46. The highest BCUT2D eigenvalue weighted by atomic mass is 16.3. The summed E-state index contributed by atoms with van der Waals surface area (Å²) in [5.41, 5.74) is 1.93. The van der Waals surface area contributed by atoms with Crippen molar-refractivity contribution in [3.05, 3.63) is 23.8 Å². The van der Waals surface area contributed by atoms with Crippen molar-refractivity contribution in [2.24, 2.45) is 0 Å². The van der Waals surface area contributed by atoms with Gasteiger partial charge in [-0.3, -0.25) is 0 Å². The van der Waals surface area contributed by atoms with Gasteiger partial charge in [-0.1, -0.05) is 13.0 Å². The number of hydrogen-bond acceptors (Lipinski definition) is 2. The van der Waals surface area contributed by atoms with Gasteiger partial charge in [0.1, 0.15) is 5.75 Å². The van der Waals surface area contributed by atoms with Gasteiger partial charge in [0.2, 0.25) is 0 Å². The minimum Gasteiger partial charge on any atom is -0.506 e. The lowest BCUT2D eigenvalue weighted by molar-refractivity contribution is 0.477. The quantitative estimate of drug-likeness (QED) is 0.633. The molecule has 0 bridgehead atoms. The Bertz CT molecular complexity index is 245. The monoisotopic (exact) mass is 151 g/mol. The number of benzene rings is 1. The predicted octanol–water partition coefficient (Wildman–Crippen LogP) is 2.00. The summed E-state index contributed by atoms with van der Waals surface area (Å²) in [5, 5.41) is 12.3. The smallest absolute Gasteiger partial charge is 0.138 e. The van der Waals surface area contributed by atoms with E-state index >= 15 is 0 Å². The SMILES string of the molecule is CCc1ccc(NC)c(O)c1. The lowest BCUT2D eigenvalue weighted by Crippen LogP contribution is -1.89. The summed E-state index contributed by atoms with van der Waals surface area (Å²) in [5.74, 6) is 0.326. The zero-order valence-electron chi connectivity index (χ0n) is 6.89. The Morgan fingerprint density at radius 2 is 2.18 bits per heavy atom. The molecule has 0 spiro atoms. The summed E-state index contributed by atoms with van der Waals surface area (Å²) in [7, 11) is 1.79. The maximum absolute atomic E-state index is 9.36. The van der Waals surface area contributed by atoms with Gasteiger partial charge in [-0.2, -0.15) is 0 Å². The van der Waals surface area contributed by atoms with Crippen LogP contribution < -0.4 is 5.32 Å². The Morgan fingerprint density at radius 1 is 1.45 bits per heavy atom. The van der Waals surface area contributed by atoms with E-state index in [9.17, 15) is 5.11 Å². The van der Waals surface area contributed by atoms with Crippen molar-refractivity contribution in [2.45, 2.75) is 13.3 Å². The molecule has 2 heteroatoms. The molecule has 0 amide bonds. The molecular weight excluding hydrogens is 138 g/mol. The van der Waals surface area contributed by atoms with E-state index in [2.05, 4.69) is 12.2 Å². The standard InChI is InChI=1S/C9H13NO/c1-3-7-4-5-8(10-2)9(11)6-7/h4-6,10-11H,3H2,1-2H3. The van der Waals surface area contributed by atoms with Crippen LogP contribution in [-0.4, -0.2) is 12.2 Å². The first kappa shape index (κ1) is 7.92. The maximum atomic E-state index is 9.36. The summed E-state index contributed by atoms with van der Waals surface area (Å²) < 4.78 is 0. The zero-order valence-corrected chi connectivity index (χ0v) is 6.89. The fourth-order valence-electron chi connectivity index (χ4n) is 1.01. The second-order valence-electron chi connectivity index (χ2n) is 2.46. The van der Waals surface area contributed by atoms with E-state index in [1.165, 1.54) is 0 Å². The van der Waals surface area contributed by atoms with Crippen LogP contribution in [0.15, 0.2) is 18.2 Å². The van der Waals surface area contributed by atoms with E-state index in [4.69, 9.17) is 0 Å². The molecule has 0 fully saturated rings. The van der Waals surface area contributed by atoms with Crippen molar-refractivity contribution in [2.75, 3.05) is 12.4 Å². The Balaban J connectivity index is 2.99. The highest BCUT2D eigenvalue weighted by Gasteiger charge is 1.97. The highest BCUT2D eigenvalue weighted by molar-refractivity contribution is 5.56. The Hall–Kier alpha value is -1.18. The average molecular weight is 151 g/mol. The Kier molecular flexibility index (Phi) is 2.36. The van der Waals surface area contributed by atoms with E-state index in [1.54, 1.807) is 13.1 Å². The van der Waals surface area contributed by atoms with Crippen LogP contribution in [0.1, 0.15) is 12.5 Å². The van der Waals surface area contributed by atoms with Gasteiger partial charge in [0, 0.05) is 7.05 Å². The number of hydrogen-bond donors (Lipinski definition) is 2. The normalized spacial score (nSPS) is 9.64. The van der Waals surface area contributed by atoms with Crippen molar-refractivity contribution in [3.63, 3.8) is 0 Å². The molecule has 11 heavy (non-hydrogen) atoms. The van der Waals surface area contributed by atoms with Crippen LogP contribution in [0.2, 0.25) is 0 Å². The van der Waals surface area contributed by atoms with Gasteiger partial charge >= 0.3 is 0 Å². The molecule has 0 saturated heterocycles. The molecule has 60 valence electrons. The molecule has 2 nitrogen and oxygen atoms in total. The molecule has 0 heterocycles. The van der Waals surface area contributed by atoms with Gasteiger partial charge < -0.3 is 10.4 Å². The van der Waals surface area contributed by atoms with Gasteiger partial charge in [0.05, 0.1) is 5.69 Å². The minimum atomic E-state index is 0.326. The van der Waals surface area contributed by atoms with E-state index < -0.39 is 0 Å². The van der Waals surface area contributed by atoms with Crippen LogP contribution in [0.25, 0.3) is 0 Å². The number of rotatable bonds is 2. The third-order valence-electron chi connectivity index (χ3n) is 1.74. The van der Waals surface area contributed by atoms with Gasteiger partial charge in [-0.15, -0.1) is 0 Å². The zero-order chi connectivity index (χ0) is 8.27. The highest BCUT2D eigenvalue weighted by Crippen LogP contribution is 2.23. The molecule has 2 N–H and O–H groups in total. The van der Waals surface area contributed by atoms with Crippen LogP contribution in [0.3, 0.4) is 0 Å². The molecule has 0 unspecified atom stereocenters. The fraction of sp³-hybridized carbons (Fsp3) is 0.333. The molecule has 0 aliphatic heterocycles. The number of nitrogens with one attached hydrogen (secondary N) is 1. The first-order chi connectivity index (χ1) is 5.27. The number of phenolic OH excluding ortho intramolecular Hbond substituents is 1. The first-order valence-electron chi connectivity index (χ1n) is 3.77. The van der Waals surface area contributed by atoms with Gasteiger partial charge in [-0.05, 0) is 24.1 Å². The third kappa shape index (κ3) is 1.64. The summed E-state index contributed by atoms with van der Waals surface area (Å²) in [6, 6.07) is 5.67. The second kappa shape index (κ2) is 3.28. The average Bonchev–Trinajstić information content (AvgIpc) is 2.04. The Labute approximate surface area is 66.9 Å². The fourth-order valence-corrected chi connectivity index (χ4v) is 1.01. The topological polar surface area (TPSA) is 32.3 Å². The van der Waals surface area contributed by atoms with Crippen molar-refractivity contribution in [1.29, 1.82) is 0 Å². The number of phenols is 1. The van der Waals surface area contributed by atoms with Crippen LogP contribution in [0.5, 0.6) is 5.75 Å². The predicted molar refractivity (Wildman–Crippen MR) is 47.0 cm³/mol. The molecule has 1 aromatic carbocycles. The lowest BCUT2D eigenvalue weighted by atomic mass is 10.1. The van der Waals surface area contributed by atoms with Crippen molar-refractivity contribution in [3.8, 4) is 5.75 Å². The molecule has 0 aliphatic carbocycles. The van der Waals surface area contributed by atoms with Gasteiger partial charge in [0.25, 0.3) is 0 Å². The molecule has 0 aliphatic rings. The summed E-state index contributed by atoms with van der Waals surface area (Å²) >= 11 is 0. The number of aromatic hydroxyl groups is 1. The van der Waals surface area contributed by atoms with Gasteiger partial charge in [0.15, 0.2) is 0 Å². The Morgan fingerprint density at radius 3 is 2.64 bits per heavy atom. The molecule has 0 aromatic heterocycles. The summed E-state index contributed by atoms with van der Waals surface area (Å²) in [4.78, 5) is 0. The molecule has 0 atom stereocenters. The largest absolute Gasteiger partial charge is 0.506 e. The van der Waals surface area contributed by atoms with Crippen LogP contribution in [-0.2, 0) is 6.42 Å². The van der Waals surface area contributed by atoms with Crippen LogP contribution in [0, 0.1) is 0 Å². The van der Waals surface area contributed by atoms with Gasteiger partial charge in [-0.25, -0.2) is 0 Å². The summed E-state index contributed by atoms with van der Waals surface area (Å²) in [6.45, 7) is 2.06. The first-order valence-corrected chi connectivity index (χ1v) is 3.77. The van der Waals surface area contributed by atoms with E-state index in [1.807, 2.05) is 12.1 Å². The molecule has 1 rings (SSSR count). The maximum Gasteiger partial charge on any atom is 0.138 e. The molecular formula is C9H13NO. The molecule has 0 radical (unpaired) electrons. The number of anilines is 1. The number of aryl methyl sites for hydroxylation is 1. The van der Waals surface area contributed by atoms with E-state index in [-0.39, 0.29) is 0 Å². The lowest BCUT2D eigenvalue weighted by Gasteiger charge is -2.04. The molecule has 0 saturated carbocycles. The minimum absolute atomic E-state index is 0.326. The van der Waals surface area contributed by atoms with E-state index in [0.29, 0.717) is 5.75 Å². The van der Waals surface area contributed by atoms with Crippen molar-refractivity contribution in [1.82, 2.24) is 0 Å². The van der Waals surface area contributed by atoms with Crippen molar-refractivity contribution < 1.29 is 5.11 Å². The van der Waals surface area contributed by atoms with Crippen molar-refractivity contribution >= 4 is 5.69 Å². The summed E-state index contributed by atoms with van der Waals surface area (Å²) in [6.07, 6.45) is 0.956. The molecule has 1 aromatic rings. The van der Waals surface area contributed by atoms with Crippen LogP contribution >= 0.6 is 0 Å². The third-order valence-corrected chi connectivity index (χ3v) is 1.74. The van der Waals surface area contributed by atoms with E-state index in [0.717, 1.165) is 17.7 Å².